The number of ether oxygens (including phenoxy) is 1. The summed E-state index contributed by atoms with van der Waals surface area (Å²) in [6.07, 6.45) is 1.47. The molecule has 2 heterocycles. The van der Waals surface area contributed by atoms with Crippen molar-refractivity contribution in [3.05, 3.63) is 17.4 Å². The van der Waals surface area contributed by atoms with Gasteiger partial charge in [0.25, 0.3) is 10.0 Å². The van der Waals surface area contributed by atoms with E-state index in [-0.39, 0.29) is 24.3 Å². The quantitative estimate of drug-likeness (QED) is 0.819. The summed E-state index contributed by atoms with van der Waals surface area (Å²) in [5.41, 5.74) is 0.00459. The lowest BCUT2D eigenvalue weighted by Crippen LogP contribution is -2.47. The topological polar surface area (TPSA) is 114 Å². The van der Waals surface area contributed by atoms with E-state index in [4.69, 9.17) is 4.42 Å². The van der Waals surface area contributed by atoms with Crippen molar-refractivity contribution in [1.82, 2.24) is 4.31 Å². The van der Waals surface area contributed by atoms with Gasteiger partial charge in [0.15, 0.2) is 0 Å². The van der Waals surface area contributed by atoms with Crippen LogP contribution in [0, 0.1) is 6.92 Å². The number of hydrogen-bond acceptors (Lipinski definition) is 6. The van der Waals surface area contributed by atoms with Gasteiger partial charge in [-0.1, -0.05) is 0 Å². The molecule has 1 aliphatic heterocycles. The molecule has 1 N–H and O–H groups in total. The second-order valence-electron chi connectivity index (χ2n) is 4.99. The molecule has 22 heavy (non-hydrogen) atoms. The minimum absolute atomic E-state index is 0.00459. The molecule has 0 bridgehead atoms. The van der Waals surface area contributed by atoms with E-state index in [1.54, 1.807) is 0 Å². The van der Waals surface area contributed by atoms with Gasteiger partial charge in [0.2, 0.25) is 5.09 Å². The highest BCUT2D eigenvalue weighted by molar-refractivity contribution is 7.89. The minimum atomic E-state index is -4.12. The van der Waals surface area contributed by atoms with Crippen molar-refractivity contribution >= 4 is 22.0 Å². The summed E-state index contributed by atoms with van der Waals surface area (Å²) in [5, 5.41) is 8.75. The Labute approximate surface area is 127 Å². The molecule has 1 saturated heterocycles. The molecule has 1 aromatic heterocycles. The van der Waals surface area contributed by atoms with Crippen molar-refractivity contribution in [2.24, 2.45) is 0 Å². The first-order valence-electron chi connectivity index (χ1n) is 6.72. The number of sulfonamides is 1. The van der Waals surface area contributed by atoms with Gasteiger partial charge >= 0.3 is 11.9 Å². The van der Waals surface area contributed by atoms with Gasteiger partial charge in [-0.3, -0.25) is 4.79 Å². The summed E-state index contributed by atoms with van der Waals surface area (Å²) < 4.78 is 35.8. The second kappa shape index (κ2) is 6.09. The monoisotopic (exact) mass is 331 g/mol. The predicted molar refractivity (Wildman–Crippen MR) is 74.0 cm³/mol. The van der Waals surface area contributed by atoms with Gasteiger partial charge in [-0.15, -0.1) is 0 Å². The van der Waals surface area contributed by atoms with E-state index in [2.05, 4.69) is 4.74 Å². The summed E-state index contributed by atoms with van der Waals surface area (Å²) >= 11 is 0. The SMILES string of the molecule is COC(=O)c1cc(S(=O)(=O)N2CCCC[C@H]2C(=O)O)oc1C. The third kappa shape index (κ3) is 2.86. The Kier molecular flexibility index (Phi) is 4.57. The molecule has 1 fully saturated rings. The largest absolute Gasteiger partial charge is 0.480 e. The molecule has 0 amide bonds. The molecule has 0 aliphatic carbocycles. The maximum atomic E-state index is 12.6. The predicted octanol–water partition coefficient (Wildman–Crippen LogP) is 1.00. The normalized spacial score (nSPS) is 19.8. The summed E-state index contributed by atoms with van der Waals surface area (Å²) in [6, 6.07) is -0.0463. The Hall–Kier alpha value is -1.87. The van der Waals surface area contributed by atoms with Crippen LogP contribution in [0.15, 0.2) is 15.6 Å². The molecule has 1 atom stereocenters. The highest BCUT2D eigenvalue weighted by atomic mass is 32.2. The van der Waals surface area contributed by atoms with Gasteiger partial charge < -0.3 is 14.3 Å². The Morgan fingerprint density at radius 2 is 2.09 bits per heavy atom. The summed E-state index contributed by atoms with van der Waals surface area (Å²) in [5.74, 6) is -1.80. The number of carbonyl (C=O) groups excluding carboxylic acids is 1. The summed E-state index contributed by atoms with van der Waals surface area (Å²) in [4.78, 5) is 22.8. The number of carbonyl (C=O) groups is 2. The first-order valence-corrected chi connectivity index (χ1v) is 8.16. The van der Waals surface area contributed by atoms with Gasteiger partial charge in [0.1, 0.15) is 17.4 Å². The zero-order chi connectivity index (χ0) is 16.5. The molecular formula is C13H17NO7S. The molecule has 2 rings (SSSR count). The van der Waals surface area contributed by atoms with Gasteiger partial charge in [-0.05, 0) is 26.2 Å². The summed E-state index contributed by atoms with van der Waals surface area (Å²) in [7, 11) is -2.95. The number of aliphatic carboxylic acids is 1. The van der Waals surface area contributed by atoms with Crippen molar-refractivity contribution in [2.75, 3.05) is 13.7 Å². The van der Waals surface area contributed by atoms with Crippen molar-refractivity contribution in [1.29, 1.82) is 0 Å². The van der Waals surface area contributed by atoms with Crippen LogP contribution in [-0.2, 0) is 19.6 Å². The highest BCUT2D eigenvalue weighted by Crippen LogP contribution is 2.28. The number of methoxy groups -OCH3 is 1. The van der Waals surface area contributed by atoms with E-state index in [9.17, 15) is 23.1 Å². The molecule has 9 heteroatoms. The Balaban J connectivity index is 2.41. The Bertz CT molecular complexity index is 691. The number of hydrogen-bond donors (Lipinski definition) is 1. The Morgan fingerprint density at radius 3 is 2.68 bits per heavy atom. The van der Waals surface area contributed by atoms with Crippen LogP contribution < -0.4 is 0 Å². The minimum Gasteiger partial charge on any atom is -0.480 e. The fraction of sp³-hybridized carbons (Fsp3) is 0.538. The molecule has 0 saturated carbocycles. The number of rotatable bonds is 4. The van der Waals surface area contributed by atoms with E-state index in [1.807, 2.05) is 0 Å². The van der Waals surface area contributed by atoms with Crippen molar-refractivity contribution in [3.8, 4) is 0 Å². The zero-order valence-corrected chi connectivity index (χ0v) is 13.1. The fourth-order valence-corrected chi connectivity index (χ4v) is 4.08. The average Bonchev–Trinajstić information content (AvgIpc) is 2.89. The van der Waals surface area contributed by atoms with Gasteiger partial charge in [0, 0.05) is 12.6 Å². The third-order valence-corrected chi connectivity index (χ3v) is 5.37. The lowest BCUT2D eigenvalue weighted by Gasteiger charge is -2.30. The van der Waals surface area contributed by atoms with Crippen molar-refractivity contribution in [3.63, 3.8) is 0 Å². The second-order valence-corrected chi connectivity index (χ2v) is 6.81. The van der Waals surface area contributed by atoms with Crippen LogP contribution >= 0.6 is 0 Å². The zero-order valence-electron chi connectivity index (χ0n) is 12.2. The number of piperidine rings is 1. The molecule has 1 aliphatic rings. The molecule has 0 spiro atoms. The molecule has 0 aromatic carbocycles. The van der Waals surface area contributed by atoms with Crippen LogP contribution in [0.2, 0.25) is 0 Å². The van der Waals surface area contributed by atoms with Gasteiger partial charge in [0.05, 0.1) is 7.11 Å². The highest BCUT2D eigenvalue weighted by Gasteiger charge is 2.39. The molecule has 122 valence electrons. The van der Waals surface area contributed by atoms with Crippen molar-refractivity contribution in [2.45, 2.75) is 37.3 Å². The van der Waals surface area contributed by atoms with E-state index >= 15 is 0 Å². The smallest absolute Gasteiger partial charge is 0.341 e. The summed E-state index contributed by atoms with van der Waals surface area (Å²) in [6.45, 7) is 1.54. The van der Waals surface area contributed by atoms with Crippen LogP contribution in [0.25, 0.3) is 0 Å². The van der Waals surface area contributed by atoms with Crippen molar-refractivity contribution < 1.29 is 32.3 Å². The fourth-order valence-electron chi connectivity index (χ4n) is 2.45. The number of carboxylic acids is 1. The number of esters is 1. The molecule has 0 radical (unpaired) electrons. The molecule has 8 nitrogen and oxygen atoms in total. The molecular weight excluding hydrogens is 314 g/mol. The van der Waals surface area contributed by atoms with Crippen LogP contribution in [0.4, 0.5) is 0 Å². The number of nitrogens with zero attached hydrogens (tertiary/aromatic N) is 1. The van der Waals surface area contributed by atoms with E-state index in [1.165, 1.54) is 14.0 Å². The van der Waals surface area contributed by atoms with E-state index in [0.29, 0.717) is 12.8 Å². The maximum absolute atomic E-state index is 12.6. The first-order chi connectivity index (χ1) is 10.3. The Morgan fingerprint density at radius 1 is 1.41 bits per heavy atom. The average molecular weight is 331 g/mol. The lowest BCUT2D eigenvalue weighted by atomic mass is 10.1. The van der Waals surface area contributed by atoms with Gasteiger partial charge in [-0.2, -0.15) is 4.31 Å². The lowest BCUT2D eigenvalue weighted by molar-refractivity contribution is -0.142. The van der Waals surface area contributed by atoms with Crippen LogP contribution in [0.5, 0.6) is 0 Å². The standard InChI is InChI=1S/C13H17NO7S/c1-8-9(13(17)20-2)7-11(21-8)22(18,19)14-6-4-3-5-10(14)12(15)16/h7,10H,3-6H2,1-2H3,(H,15,16)/t10-/m0/s1. The van der Waals surface area contributed by atoms with Crippen LogP contribution in [0.3, 0.4) is 0 Å². The van der Waals surface area contributed by atoms with E-state index in [0.717, 1.165) is 10.4 Å². The number of aryl methyl sites for hydroxylation is 1. The van der Waals surface area contributed by atoms with Gasteiger partial charge in [-0.25, -0.2) is 13.2 Å². The first kappa shape index (κ1) is 16.5. The third-order valence-electron chi connectivity index (χ3n) is 3.60. The van der Waals surface area contributed by atoms with Crippen LogP contribution in [-0.4, -0.2) is 49.5 Å². The molecule has 0 unspecified atom stereocenters. The maximum Gasteiger partial charge on any atom is 0.341 e. The van der Waals surface area contributed by atoms with Crippen LogP contribution in [0.1, 0.15) is 35.4 Å². The number of furan rings is 1. The number of carboxylic acid groups (broad SMARTS) is 1. The molecule has 1 aromatic rings. The van der Waals surface area contributed by atoms with E-state index < -0.39 is 33.1 Å².